The van der Waals surface area contributed by atoms with Gasteiger partial charge in [-0.15, -0.1) is 0 Å². The third kappa shape index (κ3) is 2.68. The first-order valence-corrected chi connectivity index (χ1v) is 5.18. The van der Waals surface area contributed by atoms with Crippen molar-refractivity contribution in [2.24, 2.45) is 0 Å². The third-order valence-corrected chi connectivity index (χ3v) is 2.47. The van der Waals surface area contributed by atoms with E-state index in [9.17, 15) is 0 Å². The lowest BCUT2D eigenvalue weighted by Gasteiger charge is -2.21. The van der Waals surface area contributed by atoms with E-state index in [-0.39, 0.29) is 24.0 Å². The number of rotatable bonds is 2. The molecule has 0 aromatic carbocycles. The molecule has 1 aliphatic rings. The van der Waals surface area contributed by atoms with Crippen LogP contribution in [0.4, 0.5) is 11.9 Å². The zero-order valence-electron chi connectivity index (χ0n) is 8.52. The summed E-state index contributed by atoms with van der Waals surface area (Å²) < 4.78 is 5.59. The predicted molar refractivity (Wildman–Crippen MR) is 56.2 cm³/mol. The van der Waals surface area contributed by atoms with Gasteiger partial charge in [-0.2, -0.15) is 15.0 Å². The first kappa shape index (κ1) is 9.95. The van der Waals surface area contributed by atoms with Gasteiger partial charge in [0.1, 0.15) is 6.10 Å². The Kier molecular flexibility index (Phi) is 2.84. The summed E-state index contributed by atoms with van der Waals surface area (Å²) in [5, 5.41) is 0. The Morgan fingerprint density at radius 1 is 0.933 bits per heavy atom. The minimum atomic E-state index is 0.105. The monoisotopic (exact) mass is 209 g/mol. The molecule has 82 valence electrons. The van der Waals surface area contributed by atoms with Crippen LogP contribution in [0.25, 0.3) is 0 Å². The fourth-order valence-electron chi connectivity index (χ4n) is 1.77. The number of nitrogens with two attached hydrogens (primary N) is 2. The van der Waals surface area contributed by atoms with Crippen molar-refractivity contribution in [1.82, 2.24) is 15.0 Å². The highest BCUT2D eigenvalue weighted by molar-refractivity contribution is 5.27. The summed E-state index contributed by atoms with van der Waals surface area (Å²) in [6.07, 6.45) is 5.96. The number of hydrogen-bond acceptors (Lipinski definition) is 6. The molecule has 4 N–H and O–H groups in total. The Morgan fingerprint density at radius 2 is 1.53 bits per heavy atom. The van der Waals surface area contributed by atoms with Crippen molar-refractivity contribution in [3.63, 3.8) is 0 Å². The van der Waals surface area contributed by atoms with Gasteiger partial charge in [-0.1, -0.05) is 6.42 Å². The van der Waals surface area contributed by atoms with E-state index in [1.165, 1.54) is 19.3 Å². The van der Waals surface area contributed by atoms with Crippen molar-refractivity contribution < 1.29 is 4.74 Å². The molecule has 1 heterocycles. The smallest absolute Gasteiger partial charge is 0.323 e. The number of hydrogen-bond donors (Lipinski definition) is 2. The SMILES string of the molecule is Nc1nc(N)nc(OC2CCCCC2)n1. The van der Waals surface area contributed by atoms with Gasteiger partial charge in [0.2, 0.25) is 11.9 Å². The molecule has 0 atom stereocenters. The van der Waals surface area contributed by atoms with Crippen LogP contribution in [0.5, 0.6) is 6.01 Å². The quantitative estimate of drug-likeness (QED) is 0.745. The topological polar surface area (TPSA) is 99.9 Å². The highest BCUT2D eigenvalue weighted by Gasteiger charge is 2.16. The zero-order chi connectivity index (χ0) is 10.7. The number of nitrogens with zero attached hydrogens (tertiary/aromatic N) is 3. The summed E-state index contributed by atoms with van der Waals surface area (Å²) >= 11 is 0. The Bertz CT molecular complexity index is 317. The lowest BCUT2D eigenvalue weighted by molar-refractivity contribution is 0.142. The van der Waals surface area contributed by atoms with Gasteiger partial charge in [-0.3, -0.25) is 0 Å². The molecule has 0 radical (unpaired) electrons. The molecule has 0 unspecified atom stereocenters. The number of ether oxygens (including phenoxy) is 1. The molecule has 0 amide bonds. The molecule has 1 aliphatic carbocycles. The number of aromatic nitrogens is 3. The van der Waals surface area contributed by atoms with Crippen LogP contribution in [-0.2, 0) is 0 Å². The van der Waals surface area contributed by atoms with Gasteiger partial charge >= 0.3 is 6.01 Å². The lowest BCUT2D eigenvalue weighted by Crippen LogP contribution is -2.21. The second kappa shape index (κ2) is 4.29. The third-order valence-electron chi connectivity index (χ3n) is 2.47. The van der Waals surface area contributed by atoms with E-state index in [1.807, 2.05) is 0 Å². The summed E-state index contributed by atoms with van der Waals surface area (Å²) in [6.45, 7) is 0. The van der Waals surface area contributed by atoms with E-state index in [1.54, 1.807) is 0 Å². The molecule has 0 bridgehead atoms. The minimum Gasteiger partial charge on any atom is -0.460 e. The van der Waals surface area contributed by atoms with Crippen molar-refractivity contribution in [3.8, 4) is 6.01 Å². The molecule has 1 saturated carbocycles. The van der Waals surface area contributed by atoms with Crippen LogP contribution in [-0.4, -0.2) is 21.1 Å². The van der Waals surface area contributed by atoms with E-state index in [4.69, 9.17) is 16.2 Å². The van der Waals surface area contributed by atoms with Gasteiger partial charge in [-0.25, -0.2) is 0 Å². The molecule has 15 heavy (non-hydrogen) atoms. The van der Waals surface area contributed by atoms with Gasteiger partial charge < -0.3 is 16.2 Å². The summed E-state index contributed by atoms with van der Waals surface area (Å²) in [5.41, 5.74) is 10.9. The molecular weight excluding hydrogens is 194 g/mol. The van der Waals surface area contributed by atoms with Gasteiger partial charge in [0.25, 0.3) is 0 Å². The maximum atomic E-state index is 5.59. The average Bonchev–Trinajstić information content (AvgIpc) is 2.17. The van der Waals surface area contributed by atoms with E-state index < -0.39 is 0 Å². The molecule has 6 nitrogen and oxygen atoms in total. The van der Waals surface area contributed by atoms with Crippen LogP contribution in [0.15, 0.2) is 0 Å². The Hall–Kier alpha value is -1.59. The highest BCUT2D eigenvalue weighted by atomic mass is 16.5. The summed E-state index contributed by atoms with van der Waals surface area (Å²) in [7, 11) is 0. The van der Waals surface area contributed by atoms with Gasteiger partial charge in [0.15, 0.2) is 0 Å². The molecule has 1 fully saturated rings. The fourth-order valence-corrected chi connectivity index (χ4v) is 1.77. The Morgan fingerprint density at radius 3 is 2.13 bits per heavy atom. The number of anilines is 2. The molecule has 1 aromatic heterocycles. The zero-order valence-corrected chi connectivity index (χ0v) is 8.52. The number of nitrogen functional groups attached to an aromatic ring is 2. The molecule has 1 aromatic rings. The Balaban J connectivity index is 2.02. The van der Waals surface area contributed by atoms with Crippen molar-refractivity contribution in [1.29, 1.82) is 0 Å². The van der Waals surface area contributed by atoms with E-state index in [0.717, 1.165) is 12.8 Å². The first-order chi connectivity index (χ1) is 7.24. The largest absolute Gasteiger partial charge is 0.460 e. The summed E-state index contributed by atoms with van der Waals surface area (Å²) in [4.78, 5) is 11.4. The van der Waals surface area contributed by atoms with Crippen molar-refractivity contribution in [2.75, 3.05) is 11.5 Å². The van der Waals surface area contributed by atoms with Crippen LogP contribution in [0.3, 0.4) is 0 Å². The second-order valence-corrected chi connectivity index (χ2v) is 3.71. The molecule has 2 rings (SSSR count). The lowest BCUT2D eigenvalue weighted by atomic mass is 9.98. The molecule has 0 saturated heterocycles. The van der Waals surface area contributed by atoms with Crippen LogP contribution >= 0.6 is 0 Å². The van der Waals surface area contributed by atoms with Gasteiger partial charge in [0, 0.05) is 0 Å². The summed E-state index contributed by atoms with van der Waals surface area (Å²) in [5.74, 6) is 0.210. The standard InChI is InChI=1S/C9H15N5O/c10-7-12-8(11)14-9(13-7)15-6-4-2-1-3-5-6/h6H,1-5H2,(H4,10,11,12,13,14). The maximum Gasteiger partial charge on any atom is 0.323 e. The van der Waals surface area contributed by atoms with Crippen molar-refractivity contribution >= 4 is 11.9 Å². The van der Waals surface area contributed by atoms with E-state index >= 15 is 0 Å². The maximum absolute atomic E-state index is 5.59. The molecule has 0 spiro atoms. The van der Waals surface area contributed by atoms with Gasteiger partial charge in [0.05, 0.1) is 0 Å². The van der Waals surface area contributed by atoms with E-state index in [0.29, 0.717) is 0 Å². The molecule has 0 aliphatic heterocycles. The normalized spacial score (nSPS) is 17.6. The second-order valence-electron chi connectivity index (χ2n) is 3.71. The molecule has 6 heteroatoms. The summed E-state index contributed by atoms with van der Waals surface area (Å²) in [6, 6.07) is 0.243. The van der Waals surface area contributed by atoms with Crippen molar-refractivity contribution in [2.45, 2.75) is 38.2 Å². The predicted octanol–water partition coefficient (Wildman–Crippen LogP) is 0.747. The van der Waals surface area contributed by atoms with Crippen molar-refractivity contribution in [3.05, 3.63) is 0 Å². The molecular formula is C9H15N5O. The average molecular weight is 209 g/mol. The van der Waals surface area contributed by atoms with Crippen LogP contribution in [0.1, 0.15) is 32.1 Å². The Labute approximate surface area is 88.1 Å². The van der Waals surface area contributed by atoms with Gasteiger partial charge in [-0.05, 0) is 25.7 Å². The first-order valence-electron chi connectivity index (χ1n) is 5.18. The van der Waals surface area contributed by atoms with Crippen LogP contribution in [0, 0.1) is 0 Å². The van der Waals surface area contributed by atoms with Crippen LogP contribution in [0.2, 0.25) is 0 Å². The minimum absolute atomic E-state index is 0.105. The fraction of sp³-hybridized carbons (Fsp3) is 0.667. The van der Waals surface area contributed by atoms with Crippen LogP contribution < -0.4 is 16.2 Å². The van der Waals surface area contributed by atoms with E-state index in [2.05, 4.69) is 15.0 Å². The highest BCUT2D eigenvalue weighted by Crippen LogP contribution is 2.21.